The average molecular weight is 555 g/mol. The average Bonchev–Trinajstić information content (AvgIpc) is 2.91. The molecule has 0 radical (unpaired) electrons. The third kappa shape index (κ3) is 8.54. The van der Waals surface area contributed by atoms with Gasteiger partial charge in [-0.05, 0) is 68.9 Å². The molecule has 1 atom stereocenters. The summed E-state index contributed by atoms with van der Waals surface area (Å²) in [6.45, 7) is 5.21. The van der Waals surface area contributed by atoms with Crippen LogP contribution in [0.15, 0.2) is 64.9 Å². The van der Waals surface area contributed by atoms with E-state index in [1.807, 2.05) is 0 Å². The van der Waals surface area contributed by atoms with E-state index < -0.39 is 23.9 Å². The van der Waals surface area contributed by atoms with Gasteiger partial charge in [0.15, 0.2) is 18.3 Å². The minimum absolute atomic E-state index is 0.180. The van der Waals surface area contributed by atoms with E-state index in [0.29, 0.717) is 45.6 Å². The zero-order chi connectivity index (χ0) is 28.2. The van der Waals surface area contributed by atoms with Crippen LogP contribution < -0.4 is 25.5 Å². The van der Waals surface area contributed by atoms with Crippen molar-refractivity contribution in [1.29, 1.82) is 0 Å². The molecule has 1 heterocycles. The second-order valence-electron chi connectivity index (χ2n) is 8.07. The lowest BCUT2D eigenvalue weighted by Crippen LogP contribution is -2.45. The first-order valence-electron chi connectivity index (χ1n) is 12.2. The predicted molar refractivity (Wildman–Crippen MR) is 147 cm³/mol. The number of carbonyl (C=O) groups excluding carboxylic acids is 3. The molecule has 0 saturated carbocycles. The van der Waals surface area contributed by atoms with Gasteiger partial charge < -0.3 is 29.6 Å². The van der Waals surface area contributed by atoms with E-state index in [9.17, 15) is 14.4 Å². The van der Waals surface area contributed by atoms with Crippen molar-refractivity contribution in [3.8, 4) is 11.5 Å². The normalized spacial score (nSPS) is 14.7. The van der Waals surface area contributed by atoms with Crippen LogP contribution >= 0.6 is 12.2 Å². The number of thiocarbonyl (C=S) groups is 1. The van der Waals surface area contributed by atoms with Crippen LogP contribution in [0.25, 0.3) is 0 Å². The maximum atomic E-state index is 12.7. The number of esters is 2. The fraction of sp³-hybridized carbons (Fsp3) is 0.296. The van der Waals surface area contributed by atoms with E-state index in [0.717, 1.165) is 0 Å². The number of ether oxygens (including phenoxy) is 4. The summed E-state index contributed by atoms with van der Waals surface area (Å²) in [7, 11) is 0. The molecule has 3 N–H and O–H groups in total. The number of nitrogens with one attached hydrogen (secondary N) is 3. The van der Waals surface area contributed by atoms with Gasteiger partial charge >= 0.3 is 11.9 Å². The lowest BCUT2D eigenvalue weighted by molar-refractivity contribution is -0.145. The molecule has 1 aliphatic rings. The Balaban J connectivity index is 1.59. The lowest BCUT2D eigenvalue weighted by atomic mass is 9.95. The Hall–Kier alpha value is -4.45. The number of benzene rings is 2. The monoisotopic (exact) mass is 554 g/mol. The first kappa shape index (κ1) is 29.1. The molecule has 12 heteroatoms. The molecule has 2 aromatic carbocycles. The lowest BCUT2D eigenvalue weighted by Gasteiger charge is -2.30. The Morgan fingerprint density at radius 2 is 1.72 bits per heavy atom. The Labute approximate surface area is 231 Å². The van der Waals surface area contributed by atoms with Crippen molar-refractivity contribution < 1.29 is 33.3 Å². The molecule has 1 amide bonds. The van der Waals surface area contributed by atoms with Gasteiger partial charge in [-0.1, -0.05) is 18.2 Å². The van der Waals surface area contributed by atoms with Gasteiger partial charge in [0.2, 0.25) is 0 Å². The number of hydrogen-bond acceptors (Lipinski definition) is 9. The third-order valence-electron chi connectivity index (χ3n) is 5.30. The highest BCUT2D eigenvalue weighted by Crippen LogP contribution is 2.33. The van der Waals surface area contributed by atoms with E-state index in [2.05, 4.69) is 21.2 Å². The van der Waals surface area contributed by atoms with E-state index in [1.165, 1.54) is 6.21 Å². The summed E-state index contributed by atoms with van der Waals surface area (Å²) in [5.74, 6) is -0.523. The molecule has 1 aliphatic heterocycles. The largest absolute Gasteiger partial charge is 0.483 e. The number of carbonyl (C=O) groups is 3. The Bertz CT molecular complexity index is 1260. The highest BCUT2D eigenvalue weighted by Gasteiger charge is 2.32. The van der Waals surface area contributed by atoms with Gasteiger partial charge in [-0.25, -0.2) is 15.0 Å². The Morgan fingerprint density at radius 1 is 1.00 bits per heavy atom. The van der Waals surface area contributed by atoms with E-state index in [4.69, 9.17) is 31.2 Å². The van der Waals surface area contributed by atoms with Crippen molar-refractivity contribution in [3.63, 3.8) is 0 Å². The van der Waals surface area contributed by atoms with Crippen LogP contribution in [0.4, 0.5) is 0 Å². The summed E-state index contributed by atoms with van der Waals surface area (Å²) in [6, 6.07) is 13.2. The quantitative estimate of drug-likeness (QED) is 0.155. The smallest absolute Gasteiger partial charge is 0.344 e. The molecule has 2 aromatic rings. The zero-order valence-electron chi connectivity index (χ0n) is 21.8. The molecule has 11 nitrogen and oxygen atoms in total. The fourth-order valence-electron chi connectivity index (χ4n) is 3.61. The summed E-state index contributed by atoms with van der Waals surface area (Å²) in [5, 5.41) is 10.3. The van der Waals surface area contributed by atoms with Gasteiger partial charge in [-0.3, -0.25) is 4.79 Å². The molecule has 0 saturated heterocycles. The molecule has 0 aliphatic carbocycles. The number of hydrogen-bond donors (Lipinski definition) is 3. The van der Waals surface area contributed by atoms with Crippen molar-refractivity contribution in [2.45, 2.75) is 26.8 Å². The van der Waals surface area contributed by atoms with E-state index in [-0.39, 0.29) is 19.8 Å². The summed E-state index contributed by atoms with van der Waals surface area (Å²) < 4.78 is 21.2. The number of para-hydroxylation sites is 1. The molecule has 0 unspecified atom stereocenters. The highest BCUT2D eigenvalue weighted by atomic mass is 32.1. The van der Waals surface area contributed by atoms with Crippen LogP contribution in [0.2, 0.25) is 0 Å². The van der Waals surface area contributed by atoms with Gasteiger partial charge in [0.05, 0.1) is 31.0 Å². The molecule has 39 heavy (non-hydrogen) atoms. The molecular formula is C27H30N4O7S. The zero-order valence-corrected chi connectivity index (χ0v) is 22.6. The molecular weight excluding hydrogens is 524 g/mol. The summed E-state index contributed by atoms with van der Waals surface area (Å²) in [6.07, 6.45) is 1.46. The summed E-state index contributed by atoms with van der Waals surface area (Å²) in [5.41, 5.74) is 4.67. The van der Waals surface area contributed by atoms with Crippen LogP contribution in [-0.2, 0) is 23.9 Å². The number of amides is 1. The minimum atomic E-state index is -0.626. The van der Waals surface area contributed by atoms with Crippen molar-refractivity contribution >= 4 is 41.4 Å². The number of nitrogens with zero attached hydrogens (tertiary/aromatic N) is 1. The molecule has 3 rings (SSSR count). The SMILES string of the molecule is CCOC(=O)COc1ccc(C=NNC(=O)COc2ccccc2[C@@H]2NC(=S)NC(C)=C2C(=O)OCC)cc1. The first-order chi connectivity index (χ1) is 18.8. The van der Waals surface area contributed by atoms with Crippen molar-refractivity contribution in [1.82, 2.24) is 16.1 Å². The topological polar surface area (TPSA) is 137 Å². The van der Waals surface area contributed by atoms with Gasteiger partial charge in [-0.2, -0.15) is 5.10 Å². The number of rotatable bonds is 12. The van der Waals surface area contributed by atoms with Crippen LogP contribution in [0.5, 0.6) is 11.5 Å². The first-order valence-corrected chi connectivity index (χ1v) is 12.6. The maximum Gasteiger partial charge on any atom is 0.344 e. The maximum absolute atomic E-state index is 12.7. The minimum Gasteiger partial charge on any atom is -0.483 e. The van der Waals surface area contributed by atoms with E-state index >= 15 is 0 Å². The van der Waals surface area contributed by atoms with Crippen LogP contribution in [0.3, 0.4) is 0 Å². The van der Waals surface area contributed by atoms with Crippen molar-refractivity contribution in [2.75, 3.05) is 26.4 Å². The Kier molecular flexibility index (Phi) is 10.8. The molecule has 0 fully saturated rings. The second-order valence-corrected chi connectivity index (χ2v) is 8.48. The predicted octanol–water partition coefficient (Wildman–Crippen LogP) is 2.51. The van der Waals surface area contributed by atoms with E-state index in [1.54, 1.807) is 69.3 Å². The summed E-state index contributed by atoms with van der Waals surface area (Å²) in [4.78, 5) is 36.4. The molecule has 0 bridgehead atoms. The van der Waals surface area contributed by atoms with Crippen LogP contribution in [0.1, 0.15) is 37.9 Å². The number of allylic oxidation sites excluding steroid dienone is 1. The summed E-state index contributed by atoms with van der Waals surface area (Å²) >= 11 is 5.29. The van der Waals surface area contributed by atoms with Crippen LogP contribution in [-0.4, -0.2) is 55.6 Å². The van der Waals surface area contributed by atoms with Gasteiger partial charge in [-0.15, -0.1) is 0 Å². The second kappa shape index (κ2) is 14.5. The third-order valence-corrected chi connectivity index (χ3v) is 5.52. The standard InChI is InChI=1S/C27H30N4O7S/c1-4-35-23(33)16-37-19-12-10-18(11-13-19)14-28-31-22(32)15-38-21-9-7-6-8-20(21)25-24(26(34)36-5-2)17(3)29-27(39)30-25/h6-14,25H,4-5,15-16H2,1-3H3,(H,31,32)(H2,29,30,39)/t25-/m0/s1. The van der Waals surface area contributed by atoms with Gasteiger partial charge in [0, 0.05) is 11.3 Å². The van der Waals surface area contributed by atoms with Gasteiger partial charge in [0.25, 0.3) is 5.91 Å². The Morgan fingerprint density at radius 3 is 2.44 bits per heavy atom. The fourth-order valence-corrected chi connectivity index (χ4v) is 3.88. The van der Waals surface area contributed by atoms with Gasteiger partial charge in [0.1, 0.15) is 11.5 Å². The van der Waals surface area contributed by atoms with Crippen LogP contribution in [0, 0.1) is 0 Å². The van der Waals surface area contributed by atoms with Crippen molar-refractivity contribution in [3.05, 3.63) is 70.9 Å². The van der Waals surface area contributed by atoms with Crippen molar-refractivity contribution in [2.24, 2.45) is 5.10 Å². The number of hydrazone groups is 1. The highest BCUT2D eigenvalue weighted by molar-refractivity contribution is 7.80. The molecule has 206 valence electrons. The molecule has 0 spiro atoms. The molecule has 0 aromatic heterocycles.